The van der Waals surface area contributed by atoms with Crippen molar-refractivity contribution in [2.75, 3.05) is 18.5 Å². The van der Waals surface area contributed by atoms with E-state index < -0.39 is 11.9 Å². The molecule has 3 aromatic rings. The van der Waals surface area contributed by atoms with Gasteiger partial charge in [0.2, 0.25) is 11.9 Å². The van der Waals surface area contributed by atoms with Gasteiger partial charge < -0.3 is 20.5 Å². The summed E-state index contributed by atoms with van der Waals surface area (Å²) in [5, 5.41) is 7.87. The third kappa shape index (κ3) is 3.96. The molecule has 1 aromatic heterocycles. The summed E-state index contributed by atoms with van der Waals surface area (Å²) < 4.78 is 12.8. The number of ether oxygens (including phenoxy) is 2. The number of anilines is 1. The molecule has 0 radical (unpaired) electrons. The van der Waals surface area contributed by atoms with E-state index in [1.807, 2.05) is 69.3 Å². The quantitative estimate of drug-likeness (QED) is 0.607. The van der Waals surface area contributed by atoms with Crippen molar-refractivity contribution < 1.29 is 14.3 Å². The second kappa shape index (κ2) is 8.51. The van der Waals surface area contributed by atoms with Crippen LogP contribution in [0.4, 0.5) is 5.95 Å². The fourth-order valence-corrected chi connectivity index (χ4v) is 3.68. The van der Waals surface area contributed by atoms with Crippen molar-refractivity contribution in [1.82, 2.24) is 14.8 Å². The first-order valence-electron chi connectivity index (χ1n) is 10.2. The molecule has 2 heterocycles. The summed E-state index contributed by atoms with van der Waals surface area (Å²) in [5.74, 6) is 2.13. The van der Waals surface area contributed by atoms with Crippen molar-refractivity contribution in [2.45, 2.75) is 26.8 Å². The molecule has 4 rings (SSSR count). The van der Waals surface area contributed by atoms with Gasteiger partial charge in [-0.3, -0.25) is 4.79 Å². The molecule has 8 heteroatoms. The number of nitrogens with one attached hydrogen (secondary N) is 1. The van der Waals surface area contributed by atoms with Crippen molar-refractivity contribution in [3.8, 4) is 22.9 Å². The van der Waals surface area contributed by atoms with Crippen LogP contribution in [0.2, 0.25) is 0 Å². The first-order chi connectivity index (χ1) is 15.0. The Kier molecular flexibility index (Phi) is 5.62. The highest BCUT2D eigenvalue weighted by molar-refractivity contribution is 5.95. The molecule has 0 fully saturated rings. The lowest BCUT2D eigenvalue weighted by Gasteiger charge is -2.27. The SMILES string of the molecule is CCOc1ccc(-c2nc3n(n2)C(c2ccc(OCC)cc2)C(C(N)=O)=C(C)N3)cc1. The van der Waals surface area contributed by atoms with Gasteiger partial charge in [-0.15, -0.1) is 5.10 Å². The van der Waals surface area contributed by atoms with Crippen molar-refractivity contribution in [2.24, 2.45) is 5.73 Å². The number of carbonyl (C=O) groups is 1. The average Bonchev–Trinajstić information content (AvgIpc) is 3.18. The number of amides is 1. The number of hydrogen-bond donors (Lipinski definition) is 2. The minimum absolute atomic E-state index is 0.444. The van der Waals surface area contributed by atoms with E-state index >= 15 is 0 Å². The van der Waals surface area contributed by atoms with E-state index in [4.69, 9.17) is 20.3 Å². The van der Waals surface area contributed by atoms with Crippen LogP contribution in [-0.2, 0) is 4.79 Å². The molecule has 0 saturated heterocycles. The van der Waals surface area contributed by atoms with Gasteiger partial charge in [0, 0.05) is 11.3 Å². The van der Waals surface area contributed by atoms with E-state index in [1.54, 1.807) is 4.68 Å². The van der Waals surface area contributed by atoms with Crippen molar-refractivity contribution >= 4 is 11.9 Å². The molecule has 1 aliphatic heterocycles. The number of nitrogens with zero attached hydrogens (tertiary/aromatic N) is 3. The third-order valence-corrected chi connectivity index (χ3v) is 5.05. The normalized spacial score (nSPS) is 15.3. The van der Waals surface area contributed by atoms with E-state index in [2.05, 4.69) is 10.3 Å². The lowest BCUT2D eigenvalue weighted by Crippen LogP contribution is -2.31. The van der Waals surface area contributed by atoms with Crippen LogP contribution < -0.4 is 20.5 Å². The number of primary amides is 1. The highest BCUT2D eigenvalue weighted by atomic mass is 16.5. The standard InChI is InChI=1S/C23H25N5O3/c1-4-30-17-10-6-15(7-11-17)20-19(21(24)29)14(3)25-23-26-22(27-28(20)23)16-8-12-18(13-9-16)31-5-2/h6-13,20H,4-5H2,1-3H3,(H2,24,29)(H,25,26,27). The summed E-state index contributed by atoms with van der Waals surface area (Å²) in [6, 6.07) is 14.7. The maximum atomic E-state index is 12.3. The maximum absolute atomic E-state index is 12.3. The molecule has 160 valence electrons. The molecule has 31 heavy (non-hydrogen) atoms. The molecule has 2 aromatic carbocycles. The second-order valence-electron chi connectivity index (χ2n) is 7.09. The number of fused-ring (bicyclic) bond motifs is 1. The van der Waals surface area contributed by atoms with Crippen molar-refractivity contribution in [3.63, 3.8) is 0 Å². The Hall–Kier alpha value is -3.81. The Balaban J connectivity index is 1.76. The van der Waals surface area contributed by atoms with Crippen LogP contribution in [0.3, 0.4) is 0 Å². The highest BCUT2D eigenvalue weighted by Gasteiger charge is 2.33. The number of hydrogen-bond acceptors (Lipinski definition) is 6. The molecule has 3 N–H and O–H groups in total. The van der Waals surface area contributed by atoms with Gasteiger partial charge >= 0.3 is 0 Å². The first-order valence-corrected chi connectivity index (χ1v) is 10.2. The fourth-order valence-electron chi connectivity index (χ4n) is 3.68. The van der Waals surface area contributed by atoms with Crippen LogP contribution in [0.1, 0.15) is 32.4 Å². The molecule has 1 aliphatic rings. The van der Waals surface area contributed by atoms with E-state index in [-0.39, 0.29) is 0 Å². The van der Waals surface area contributed by atoms with Crippen LogP contribution in [0.15, 0.2) is 59.8 Å². The summed E-state index contributed by atoms with van der Waals surface area (Å²) in [6.45, 7) is 6.87. The molecular formula is C23H25N5O3. The number of nitrogens with two attached hydrogens (primary N) is 1. The summed E-state index contributed by atoms with van der Waals surface area (Å²) >= 11 is 0. The van der Waals surface area contributed by atoms with E-state index in [9.17, 15) is 4.79 Å². The van der Waals surface area contributed by atoms with Crippen molar-refractivity contribution in [1.29, 1.82) is 0 Å². The number of carbonyl (C=O) groups excluding carboxylic acids is 1. The van der Waals surface area contributed by atoms with Gasteiger partial charge in [-0.1, -0.05) is 12.1 Å². The predicted octanol–water partition coefficient (Wildman–Crippen LogP) is 3.52. The van der Waals surface area contributed by atoms with Crippen LogP contribution in [0, 0.1) is 0 Å². The summed E-state index contributed by atoms with van der Waals surface area (Å²) in [5.41, 5.74) is 8.55. The van der Waals surface area contributed by atoms with E-state index in [1.165, 1.54) is 0 Å². The van der Waals surface area contributed by atoms with Gasteiger partial charge in [-0.25, -0.2) is 4.68 Å². The topological polar surface area (TPSA) is 104 Å². The zero-order valence-electron chi connectivity index (χ0n) is 17.8. The molecule has 8 nitrogen and oxygen atoms in total. The molecule has 1 amide bonds. The van der Waals surface area contributed by atoms with Gasteiger partial charge in [0.15, 0.2) is 5.82 Å². The van der Waals surface area contributed by atoms with Crippen molar-refractivity contribution in [3.05, 3.63) is 65.4 Å². The van der Waals surface area contributed by atoms with E-state index in [0.717, 1.165) is 22.6 Å². The molecular weight excluding hydrogens is 394 g/mol. The monoisotopic (exact) mass is 419 g/mol. The van der Waals surface area contributed by atoms with Crippen LogP contribution in [0.25, 0.3) is 11.4 Å². The number of aromatic nitrogens is 3. The highest BCUT2D eigenvalue weighted by Crippen LogP contribution is 2.36. The summed E-state index contributed by atoms with van der Waals surface area (Å²) in [4.78, 5) is 17.0. The van der Waals surface area contributed by atoms with Crippen LogP contribution in [0.5, 0.6) is 11.5 Å². The Bertz CT molecular complexity index is 1120. The summed E-state index contributed by atoms with van der Waals surface area (Å²) in [6.07, 6.45) is 0. The number of allylic oxidation sites excluding steroid dienone is 1. The Morgan fingerprint density at radius 3 is 2.16 bits per heavy atom. The zero-order valence-corrected chi connectivity index (χ0v) is 17.8. The molecule has 1 unspecified atom stereocenters. The van der Waals surface area contributed by atoms with E-state index in [0.29, 0.717) is 36.3 Å². The lowest BCUT2D eigenvalue weighted by atomic mass is 9.95. The van der Waals surface area contributed by atoms with Gasteiger partial charge in [-0.2, -0.15) is 4.98 Å². The Morgan fingerprint density at radius 2 is 1.61 bits per heavy atom. The second-order valence-corrected chi connectivity index (χ2v) is 7.09. The van der Waals surface area contributed by atoms with Gasteiger partial charge in [0.1, 0.15) is 17.5 Å². The minimum Gasteiger partial charge on any atom is -0.494 e. The van der Waals surface area contributed by atoms with Crippen LogP contribution in [-0.4, -0.2) is 33.9 Å². The largest absolute Gasteiger partial charge is 0.494 e. The minimum atomic E-state index is -0.507. The molecule has 1 atom stereocenters. The lowest BCUT2D eigenvalue weighted by molar-refractivity contribution is -0.115. The van der Waals surface area contributed by atoms with Crippen LogP contribution >= 0.6 is 0 Å². The fraction of sp³-hybridized carbons (Fsp3) is 0.261. The summed E-state index contributed by atoms with van der Waals surface area (Å²) in [7, 11) is 0. The average molecular weight is 419 g/mol. The number of benzene rings is 2. The molecule has 0 aliphatic carbocycles. The number of rotatable bonds is 7. The van der Waals surface area contributed by atoms with Gasteiger partial charge in [0.25, 0.3) is 0 Å². The van der Waals surface area contributed by atoms with Gasteiger partial charge in [-0.05, 0) is 62.7 Å². The molecule has 0 saturated carbocycles. The Morgan fingerprint density at radius 1 is 1.03 bits per heavy atom. The molecule has 0 bridgehead atoms. The predicted molar refractivity (Wildman–Crippen MR) is 118 cm³/mol. The molecule has 0 spiro atoms. The maximum Gasteiger partial charge on any atom is 0.248 e. The Labute approximate surface area is 180 Å². The smallest absolute Gasteiger partial charge is 0.248 e. The third-order valence-electron chi connectivity index (χ3n) is 5.05. The van der Waals surface area contributed by atoms with Gasteiger partial charge in [0.05, 0.1) is 18.8 Å². The first kappa shape index (κ1) is 20.5. The zero-order chi connectivity index (χ0) is 22.0.